The number of anilines is 2. The van der Waals surface area contributed by atoms with Crippen LogP contribution in [0.1, 0.15) is 82.5 Å². The van der Waals surface area contributed by atoms with Gasteiger partial charge in [-0.25, -0.2) is 19.7 Å². The zero-order valence-electron chi connectivity index (χ0n) is 23.0. The zero-order valence-corrected chi connectivity index (χ0v) is 23.8. The lowest BCUT2D eigenvalue weighted by atomic mass is 9.80. The Hall–Kier alpha value is -3.28. The van der Waals surface area contributed by atoms with Crippen molar-refractivity contribution >= 4 is 34.3 Å². The summed E-state index contributed by atoms with van der Waals surface area (Å²) in [5, 5.41) is 13.0. The average molecular weight is 552 g/mol. The van der Waals surface area contributed by atoms with E-state index >= 15 is 0 Å². The van der Waals surface area contributed by atoms with Crippen LogP contribution in [0.4, 0.5) is 11.8 Å². The van der Waals surface area contributed by atoms with Crippen LogP contribution in [0.2, 0.25) is 0 Å². The summed E-state index contributed by atoms with van der Waals surface area (Å²) < 4.78 is 7.08. The summed E-state index contributed by atoms with van der Waals surface area (Å²) in [6.45, 7) is 9.53. The summed E-state index contributed by atoms with van der Waals surface area (Å²) in [5.41, 5.74) is 2.42. The van der Waals surface area contributed by atoms with Gasteiger partial charge in [0.05, 0.1) is 16.7 Å². The van der Waals surface area contributed by atoms with E-state index in [1.807, 2.05) is 6.92 Å². The molecular weight excluding hydrogens is 514 g/mol. The first-order valence-corrected chi connectivity index (χ1v) is 15.0. The lowest BCUT2D eigenvalue weighted by Crippen LogP contribution is -2.31. The van der Waals surface area contributed by atoms with Gasteiger partial charge in [-0.3, -0.25) is 0 Å². The van der Waals surface area contributed by atoms with Crippen molar-refractivity contribution in [1.82, 2.24) is 34.6 Å². The smallest absolute Gasteiger partial charge is 0.365 e. The van der Waals surface area contributed by atoms with Crippen molar-refractivity contribution in [2.45, 2.75) is 91.3 Å². The fourth-order valence-electron chi connectivity index (χ4n) is 5.74. The Bertz CT molecular complexity index is 1490. The molecule has 39 heavy (non-hydrogen) atoms. The minimum atomic E-state index is -0.710. The number of rotatable bonds is 9. The van der Waals surface area contributed by atoms with E-state index in [4.69, 9.17) is 19.5 Å². The Kier molecular flexibility index (Phi) is 7.13. The van der Waals surface area contributed by atoms with Gasteiger partial charge in [0.2, 0.25) is 17.6 Å². The van der Waals surface area contributed by atoms with E-state index in [0.29, 0.717) is 23.3 Å². The standard InChI is InChI=1S/C27H37N9O2S/c1-14-8-10-18(11-9-14)12-36-21-22(28-15(2)19-6-5-7-19)31-24(25-34-27(37)38-35-25)32-23(21)33-26(36)29-16(3)20-13-39-17(4)30-20/h13-16,18-19H,5-12H2,1-4H3,(H,34,35,37)(H2,28,29,31,32,33)/t14?,15-,16?,18?/m1/s1. The van der Waals surface area contributed by atoms with Gasteiger partial charge in [0, 0.05) is 18.0 Å². The number of imidazole rings is 1. The van der Waals surface area contributed by atoms with E-state index in [1.165, 1.54) is 44.9 Å². The molecule has 4 aromatic heterocycles. The molecule has 2 atom stereocenters. The number of fused-ring (bicyclic) bond motifs is 1. The van der Waals surface area contributed by atoms with E-state index < -0.39 is 5.76 Å². The fraction of sp³-hybridized carbons (Fsp3) is 0.630. The van der Waals surface area contributed by atoms with E-state index in [1.54, 1.807) is 11.3 Å². The number of hydrogen-bond acceptors (Lipinski definition) is 10. The topological polar surface area (TPSA) is 139 Å². The van der Waals surface area contributed by atoms with Gasteiger partial charge >= 0.3 is 5.76 Å². The van der Waals surface area contributed by atoms with Crippen LogP contribution in [0.15, 0.2) is 14.7 Å². The van der Waals surface area contributed by atoms with Gasteiger partial charge in [0.15, 0.2) is 11.5 Å². The number of H-pyrrole nitrogens is 1. The Balaban J connectivity index is 1.45. The molecule has 0 saturated heterocycles. The highest BCUT2D eigenvalue weighted by molar-refractivity contribution is 7.09. The van der Waals surface area contributed by atoms with Gasteiger partial charge < -0.3 is 19.7 Å². The van der Waals surface area contributed by atoms with Gasteiger partial charge in [-0.05, 0) is 64.2 Å². The predicted octanol–water partition coefficient (Wildman–Crippen LogP) is 5.53. The first kappa shape index (κ1) is 26.0. The molecule has 0 aliphatic heterocycles. The van der Waals surface area contributed by atoms with Gasteiger partial charge in [-0.15, -0.1) is 16.3 Å². The molecule has 12 heteroatoms. The largest absolute Gasteiger partial charge is 0.460 e. The minimum Gasteiger partial charge on any atom is -0.365 e. The van der Waals surface area contributed by atoms with Gasteiger partial charge in [0.1, 0.15) is 5.52 Å². The molecule has 4 heterocycles. The Morgan fingerprint density at radius 1 is 1.08 bits per heavy atom. The third-order valence-electron chi connectivity index (χ3n) is 8.48. The molecule has 2 aliphatic rings. The molecule has 2 aliphatic carbocycles. The van der Waals surface area contributed by atoms with Crippen LogP contribution in [-0.2, 0) is 6.54 Å². The van der Waals surface area contributed by atoms with Crippen LogP contribution in [0, 0.1) is 24.7 Å². The van der Waals surface area contributed by atoms with Crippen molar-refractivity contribution in [2.75, 3.05) is 10.6 Å². The van der Waals surface area contributed by atoms with Crippen LogP contribution in [0.3, 0.4) is 0 Å². The first-order chi connectivity index (χ1) is 18.8. The van der Waals surface area contributed by atoms with Crippen LogP contribution in [0.25, 0.3) is 22.8 Å². The molecule has 1 unspecified atom stereocenters. The molecule has 2 fully saturated rings. The molecule has 0 amide bonds. The summed E-state index contributed by atoms with van der Waals surface area (Å²) in [6.07, 6.45) is 8.58. The van der Waals surface area contributed by atoms with Gasteiger partial charge in [0.25, 0.3) is 0 Å². The number of aryl methyl sites for hydroxylation is 1. The molecular formula is C27H37N9O2S. The number of hydrogen-bond donors (Lipinski definition) is 3. The van der Waals surface area contributed by atoms with E-state index in [9.17, 15) is 4.79 Å². The van der Waals surface area contributed by atoms with Crippen molar-refractivity contribution in [3.63, 3.8) is 0 Å². The molecule has 6 rings (SSSR count). The van der Waals surface area contributed by atoms with Crippen molar-refractivity contribution in [3.8, 4) is 11.6 Å². The third-order valence-corrected chi connectivity index (χ3v) is 9.27. The van der Waals surface area contributed by atoms with Crippen molar-refractivity contribution in [2.24, 2.45) is 17.8 Å². The van der Waals surface area contributed by atoms with Crippen molar-refractivity contribution in [1.29, 1.82) is 0 Å². The van der Waals surface area contributed by atoms with Gasteiger partial charge in [-0.1, -0.05) is 26.2 Å². The second-order valence-electron chi connectivity index (χ2n) is 11.5. The lowest BCUT2D eigenvalue weighted by molar-refractivity contribution is 0.267. The maximum atomic E-state index is 11.7. The molecule has 0 aromatic carbocycles. The van der Waals surface area contributed by atoms with E-state index in [-0.39, 0.29) is 23.7 Å². The third kappa shape index (κ3) is 5.43. The number of nitrogens with one attached hydrogen (secondary N) is 3. The van der Waals surface area contributed by atoms with Crippen LogP contribution >= 0.6 is 11.3 Å². The predicted molar refractivity (Wildman–Crippen MR) is 152 cm³/mol. The lowest BCUT2D eigenvalue weighted by Gasteiger charge is -2.32. The first-order valence-electron chi connectivity index (χ1n) is 14.1. The summed E-state index contributed by atoms with van der Waals surface area (Å²) in [6, 6.07) is 0.217. The number of nitrogens with zero attached hydrogens (tertiary/aromatic N) is 6. The Morgan fingerprint density at radius 2 is 1.87 bits per heavy atom. The minimum absolute atomic E-state index is 0.0264. The van der Waals surface area contributed by atoms with E-state index in [0.717, 1.165) is 34.6 Å². The number of aromatic nitrogens is 7. The molecule has 11 nitrogen and oxygen atoms in total. The highest BCUT2D eigenvalue weighted by atomic mass is 32.1. The fourth-order valence-corrected chi connectivity index (χ4v) is 6.45. The zero-order chi connectivity index (χ0) is 27.1. The summed E-state index contributed by atoms with van der Waals surface area (Å²) >= 11 is 1.65. The SMILES string of the molecule is Cc1nc(C(C)Nc2nc3nc(-c4nc(=O)o[nH]4)nc(N[C@H](C)C4CCC4)c3n2CC2CCC(C)CC2)cs1. The second-order valence-corrected chi connectivity index (χ2v) is 12.5. The molecule has 2 saturated carbocycles. The Morgan fingerprint density at radius 3 is 2.51 bits per heavy atom. The van der Waals surface area contributed by atoms with Crippen molar-refractivity contribution in [3.05, 3.63) is 26.6 Å². The van der Waals surface area contributed by atoms with Crippen LogP contribution < -0.4 is 16.4 Å². The second kappa shape index (κ2) is 10.7. The molecule has 208 valence electrons. The van der Waals surface area contributed by atoms with Crippen LogP contribution in [0.5, 0.6) is 0 Å². The Labute approximate surface area is 231 Å². The summed E-state index contributed by atoms with van der Waals surface area (Å²) in [7, 11) is 0. The molecule has 4 aromatic rings. The van der Waals surface area contributed by atoms with Gasteiger partial charge in [-0.2, -0.15) is 10.1 Å². The maximum absolute atomic E-state index is 11.7. The highest BCUT2D eigenvalue weighted by Gasteiger charge is 2.29. The molecule has 0 spiro atoms. The quantitative estimate of drug-likeness (QED) is 0.245. The monoisotopic (exact) mass is 551 g/mol. The van der Waals surface area contributed by atoms with Crippen LogP contribution in [-0.4, -0.2) is 40.7 Å². The van der Waals surface area contributed by atoms with E-state index in [2.05, 4.69) is 56.5 Å². The molecule has 3 N–H and O–H groups in total. The maximum Gasteiger partial charge on any atom is 0.460 e. The number of thiazole rings is 1. The summed E-state index contributed by atoms with van der Waals surface area (Å²) in [5.74, 6) is 3.16. The highest BCUT2D eigenvalue weighted by Crippen LogP contribution is 2.36. The van der Waals surface area contributed by atoms with Crippen molar-refractivity contribution < 1.29 is 4.52 Å². The summed E-state index contributed by atoms with van der Waals surface area (Å²) in [4.78, 5) is 34.9. The molecule has 0 radical (unpaired) electrons. The molecule has 0 bridgehead atoms. The average Bonchev–Trinajstić information content (AvgIpc) is 3.58. The number of aromatic amines is 1. The normalized spacial score (nSPS) is 21.5.